The van der Waals surface area contributed by atoms with Crippen molar-refractivity contribution in [3.05, 3.63) is 23.9 Å². The van der Waals surface area contributed by atoms with Gasteiger partial charge in [0.25, 0.3) is 0 Å². The van der Waals surface area contributed by atoms with Crippen molar-refractivity contribution in [3.8, 4) is 0 Å². The van der Waals surface area contributed by atoms with E-state index < -0.39 is 0 Å². The van der Waals surface area contributed by atoms with E-state index in [2.05, 4.69) is 14.8 Å². The van der Waals surface area contributed by atoms with E-state index in [1.165, 1.54) is 6.20 Å². The van der Waals surface area contributed by atoms with Crippen molar-refractivity contribution in [2.45, 2.75) is 13.8 Å². The van der Waals surface area contributed by atoms with Gasteiger partial charge < -0.3 is 14.4 Å². The van der Waals surface area contributed by atoms with Crippen LogP contribution in [-0.4, -0.2) is 67.8 Å². The molecule has 23 heavy (non-hydrogen) atoms. The normalized spacial score (nSPS) is 15.3. The van der Waals surface area contributed by atoms with Gasteiger partial charge in [0, 0.05) is 32.4 Å². The highest BCUT2D eigenvalue weighted by Crippen LogP contribution is 2.14. The second-order valence-electron chi connectivity index (χ2n) is 5.19. The lowest BCUT2D eigenvalue weighted by atomic mass is 10.2. The molecule has 2 heterocycles. The summed E-state index contributed by atoms with van der Waals surface area (Å²) in [4.78, 5) is 31.6. The average Bonchev–Trinajstić information content (AvgIpc) is 2.56. The summed E-state index contributed by atoms with van der Waals surface area (Å²) in [5, 5.41) is 0. The Bertz CT molecular complexity index is 525. The fourth-order valence-electron chi connectivity index (χ4n) is 2.43. The van der Waals surface area contributed by atoms with Gasteiger partial charge in [-0.15, -0.1) is 0 Å². The number of piperazine rings is 1. The molecule has 1 fully saturated rings. The summed E-state index contributed by atoms with van der Waals surface area (Å²) >= 11 is 0. The Balaban J connectivity index is 1.85. The van der Waals surface area contributed by atoms with Gasteiger partial charge in [0.1, 0.15) is 5.82 Å². The molecule has 0 aromatic carbocycles. The third-order valence-corrected chi connectivity index (χ3v) is 3.61. The van der Waals surface area contributed by atoms with Gasteiger partial charge in [0.2, 0.25) is 0 Å². The van der Waals surface area contributed by atoms with Crippen molar-refractivity contribution < 1.29 is 19.1 Å². The molecule has 0 atom stereocenters. The van der Waals surface area contributed by atoms with Crippen molar-refractivity contribution in [2.75, 3.05) is 50.8 Å². The Morgan fingerprint density at radius 2 is 1.78 bits per heavy atom. The molecular weight excluding hydrogens is 298 g/mol. The SMILES string of the molecule is CCOC(=O)CN1CCN(c2ccc(C(=O)OCC)cn2)CC1. The van der Waals surface area contributed by atoms with Crippen LogP contribution >= 0.6 is 0 Å². The quantitative estimate of drug-likeness (QED) is 0.722. The molecule has 1 aromatic heterocycles. The van der Waals surface area contributed by atoms with Crippen LogP contribution in [0.25, 0.3) is 0 Å². The molecule has 0 N–H and O–H groups in total. The van der Waals surface area contributed by atoms with Gasteiger partial charge in [-0.2, -0.15) is 0 Å². The van der Waals surface area contributed by atoms with E-state index in [1.54, 1.807) is 13.0 Å². The van der Waals surface area contributed by atoms with Crippen molar-refractivity contribution in [2.24, 2.45) is 0 Å². The van der Waals surface area contributed by atoms with Crippen molar-refractivity contribution in [1.29, 1.82) is 0 Å². The highest BCUT2D eigenvalue weighted by atomic mass is 16.5. The molecule has 0 aliphatic carbocycles. The number of rotatable bonds is 6. The molecule has 2 rings (SSSR count). The minimum Gasteiger partial charge on any atom is -0.465 e. The molecule has 1 saturated heterocycles. The molecule has 0 spiro atoms. The maximum atomic E-state index is 11.6. The van der Waals surface area contributed by atoms with Crippen LogP contribution in [-0.2, 0) is 14.3 Å². The highest BCUT2D eigenvalue weighted by molar-refractivity contribution is 5.89. The Kier molecular flexibility index (Phi) is 6.34. The Labute approximate surface area is 136 Å². The second-order valence-corrected chi connectivity index (χ2v) is 5.19. The molecule has 0 bridgehead atoms. The van der Waals surface area contributed by atoms with Crippen LogP contribution in [0.1, 0.15) is 24.2 Å². The number of esters is 2. The zero-order valence-corrected chi connectivity index (χ0v) is 13.7. The number of nitrogens with zero attached hydrogens (tertiary/aromatic N) is 3. The summed E-state index contributed by atoms with van der Waals surface area (Å²) in [7, 11) is 0. The van der Waals surface area contributed by atoms with Crippen LogP contribution < -0.4 is 4.90 Å². The van der Waals surface area contributed by atoms with Gasteiger partial charge in [0.15, 0.2) is 0 Å². The summed E-state index contributed by atoms with van der Waals surface area (Å²) in [6.45, 7) is 7.79. The smallest absolute Gasteiger partial charge is 0.339 e. The zero-order valence-electron chi connectivity index (χ0n) is 13.7. The number of anilines is 1. The van der Waals surface area contributed by atoms with E-state index >= 15 is 0 Å². The molecule has 0 radical (unpaired) electrons. The van der Waals surface area contributed by atoms with Crippen LogP contribution in [0.15, 0.2) is 18.3 Å². The number of ether oxygens (including phenoxy) is 2. The van der Waals surface area contributed by atoms with E-state index in [-0.39, 0.29) is 11.9 Å². The third kappa shape index (κ3) is 4.92. The summed E-state index contributed by atoms with van der Waals surface area (Å²) in [5.74, 6) is 0.289. The topological polar surface area (TPSA) is 72.0 Å². The van der Waals surface area contributed by atoms with E-state index in [1.807, 2.05) is 13.0 Å². The first kappa shape index (κ1) is 17.2. The van der Waals surface area contributed by atoms with Crippen molar-refractivity contribution in [1.82, 2.24) is 9.88 Å². The maximum Gasteiger partial charge on any atom is 0.339 e. The van der Waals surface area contributed by atoms with Crippen LogP contribution in [0.5, 0.6) is 0 Å². The van der Waals surface area contributed by atoms with Crippen molar-refractivity contribution >= 4 is 17.8 Å². The molecule has 0 amide bonds. The summed E-state index contributed by atoms with van der Waals surface area (Å²) in [5.41, 5.74) is 0.455. The van der Waals surface area contributed by atoms with Crippen LogP contribution in [0.4, 0.5) is 5.82 Å². The first-order chi connectivity index (χ1) is 11.1. The molecule has 1 aromatic rings. The summed E-state index contributed by atoms with van der Waals surface area (Å²) in [6, 6.07) is 3.55. The fraction of sp³-hybridized carbons (Fsp3) is 0.562. The number of hydrogen-bond acceptors (Lipinski definition) is 7. The summed E-state index contributed by atoms with van der Waals surface area (Å²) < 4.78 is 9.90. The number of pyridine rings is 1. The Hall–Kier alpha value is -2.15. The first-order valence-corrected chi connectivity index (χ1v) is 7.90. The Morgan fingerprint density at radius 3 is 2.35 bits per heavy atom. The van der Waals surface area contributed by atoms with Crippen LogP contribution in [0, 0.1) is 0 Å². The molecular formula is C16H23N3O4. The van der Waals surface area contributed by atoms with Crippen LogP contribution in [0.3, 0.4) is 0 Å². The second kappa shape index (κ2) is 8.47. The zero-order chi connectivity index (χ0) is 16.7. The number of carbonyl (C=O) groups is 2. The van der Waals surface area contributed by atoms with E-state index in [9.17, 15) is 9.59 Å². The average molecular weight is 321 g/mol. The van der Waals surface area contributed by atoms with E-state index in [4.69, 9.17) is 9.47 Å². The van der Waals surface area contributed by atoms with Gasteiger partial charge in [0.05, 0.1) is 25.3 Å². The lowest BCUT2D eigenvalue weighted by molar-refractivity contribution is -0.144. The predicted molar refractivity (Wildman–Crippen MR) is 85.5 cm³/mol. The van der Waals surface area contributed by atoms with E-state index in [0.29, 0.717) is 25.3 Å². The van der Waals surface area contributed by atoms with Gasteiger partial charge in [-0.1, -0.05) is 0 Å². The van der Waals surface area contributed by atoms with Crippen molar-refractivity contribution in [3.63, 3.8) is 0 Å². The summed E-state index contributed by atoms with van der Waals surface area (Å²) in [6.07, 6.45) is 1.54. The first-order valence-electron chi connectivity index (χ1n) is 7.90. The number of carbonyl (C=O) groups excluding carboxylic acids is 2. The molecule has 7 heteroatoms. The minimum absolute atomic E-state index is 0.183. The largest absolute Gasteiger partial charge is 0.465 e. The number of hydrogen-bond donors (Lipinski definition) is 0. The third-order valence-electron chi connectivity index (χ3n) is 3.61. The molecule has 0 unspecified atom stereocenters. The molecule has 0 saturated carbocycles. The monoisotopic (exact) mass is 321 g/mol. The highest BCUT2D eigenvalue weighted by Gasteiger charge is 2.20. The maximum absolute atomic E-state index is 11.6. The lowest BCUT2D eigenvalue weighted by Crippen LogP contribution is -2.48. The Morgan fingerprint density at radius 1 is 1.09 bits per heavy atom. The van der Waals surface area contributed by atoms with Gasteiger partial charge in [-0.3, -0.25) is 9.69 Å². The van der Waals surface area contributed by atoms with Crippen LogP contribution in [0.2, 0.25) is 0 Å². The molecule has 1 aliphatic rings. The van der Waals surface area contributed by atoms with Gasteiger partial charge >= 0.3 is 11.9 Å². The predicted octanol–water partition coefficient (Wildman–Crippen LogP) is 0.943. The lowest BCUT2D eigenvalue weighted by Gasteiger charge is -2.34. The molecule has 126 valence electrons. The van der Waals surface area contributed by atoms with Gasteiger partial charge in [-0.25, -0.2) is 9.78 Å². The molecule has 1 aliphatic heterocycles. The van der Waals surface area contributed by atoms with E-state index in [0.717, 1.165) is 32.0 Å². The standard InChI is InChI=1S/C16H23N3O4/c1-3-22-15(20)12-18-7-9-19(10-8-18)14-6-5-13(11-17-14)16(21)23-4-2/h5-6,11H,3-4,7-10,12H2,1-2H3. The minimum atomic E-state index is -0.356. The van der Waals surface area contributed by atoms with Gasteiger partial charge in [-0.05, 0) is 26.0 Å². The number of aromatic nitrogens is 1. The molecule has 7 nitrogen and oxygen atoms in total. The fourth-order valence-corrected chi connectivity index (χ4v) is 2.43.